The molecule has 0 aliphatic heterocycles. The van der Waals surface area contributed by atoms with E-state index in [1.165, 1.54) is 6.20 Å². The smallest absolute Gasteiger partial charge is 0.277 e. The number of nitrogens with one attached hydrogen (secondary N) is 2. The molecule has 0 fully saturated rings. The lowest BCUT2D eigenvalue weighted by Gasteiger charge is -2.03. The predicted molar refractivity (Wildman–Crippen MR) is 60.8 cm³/mol. The number of amides is 1. The predicted octanol–water partition coefficient (Wildman–Crippen LogP) is 2.36. The number of H-pyrrole nitrogens is 1. The van der Waals surface area contributed by atoms with E-state index in [0.29, 0.717) is 15.7 Å². The van der Waals surface area contributed by atoms with Crippen LogP contribution in [0.4, 0.5) is 5.69 Å². The Morgan fingerprint density at radius 1 is 1.31 bits per heavy atom. The first-order valence-corrected chi connectivity index (χ1v) is 5.04. The maximum atomic E-state index is 11.6. The summed E-state index contributed by atoms with van der Waals surface area (Å²) in [5.41, 5.74) is 0.744. The van der Waals surface area contributed by atoms with Crippen LogP contribution in [0.15, 0.2) is 24.4 Å². The SMILES string of the molecule is O=C(Nc1ccc(Cl)c(Cl)c1)c1cn[nH]n1. The van der Waals surface area contributed by atoms with Crippen molar-refractivity contribution in [3.63, 3.8) is 0 Å². The van der Waals surface area contributed by atoms with E-state index in [4.69, 9.17) is 23.2 Å². The van der Waals surface area contributed by atoms with Crippen molar-refractivity contribution in [2.24, 2.45) is 0 Å². The van der Waals surface area contributed by atoms with Gasteiger partial charge in [0.2, 0.25) is 0 Å². The zero-order chi connectivity index (χ0) is 11.5. The lowest BCUT2D eigenvalue weighted by atomic mass is 10.3. The number of hydrogen-bond donors (Lipinski definition) is 2. The fourth-order valence-electron chi connectivity index (χ4n) is 1.08. The number of carbonyl (C=O) groups excluding carboxylic acids is 1. The molecule has 1 heterocycles. The first kappa shape index (κ1) is 10.9. The molecule has 0 aliphatic carbocycles. The van der Waals surface area contributed by atoms with E-state index in [1.807, 2.05) is 0 Å². The van der Waals surface area contributed by atoms with E-state index in [2.05, 4.69) is 20.7 Å². The molecule has 0 spiro atoms. The minimum atomic E-state index is -0.368. The molecule has 0 unspecified atom stereocenters. The molecule has 16 heavy (non-hydrogen) atoms. The van der Waals surface area contributed by atoms with Gasteiger partial charge in [0.1, 0.15) is 0 Å². The average Bonchev–Trinajstić information content (AvgIpc) is 2.77. The van der Waals surface area contributed by atoms with Gasteiger partial charge in [-0.2, -0.15) is 15.4 Å². The Hall–Kier alpha value is -1.59. The van der Waals surface area contributed by atoms with Crippen molar-refractivity contribution in [1.29, 1.82) is 0 Å². The second kappa shape index (κ2) is 4.51. The van der Waals surface area contributed by atoms with Crippen molar-refractivity contribution in [3.05, 3.63) is 40.1 Å². The number of halogens is 2. The summed E-state index contributed by atoms with van der Waals surface area (Å²) in [6.45, 7) is 0. The molecule has 82 valence electrons. The van der Waals surface area contributed by atoms with Crippen LogP contribution >= 0.6 is 23.2 Å². The molecule has 0 saturated carbocycles. The maximum absolute atomic E-state index is 11.6. The minimum Gasteiger partial charge on any atom is -0.320 e. The second-order valence-corrected chi connectivity index (χ2v) is 3.75. The topological polar surface area (TPSA) is 70.7 Å². The Morgan fingerprint density at radius 2 is 2.12 bits per heavy atom. The van der Waals surface area contributed by atoms with Crippen LogP contribution in [0.3, 0.4) is 0 Å². The average molecular weight is 257 g/mol. The van der Waals surface area contributed by atoms with Gasteiger partial charge in [0.15, 0.2) is 5.69 Å². The van der Waals surface area contributed by atoms with E-state index >= 15 is 0 Å². The van der Waals surface area contributed by atoms with Crippen LogP contribution in [0.5, 0.6) is 0 Å². The summed E-state index contributed by atoms with van der Waals surface area (Å²) in [4.78, 5) is 11.6. The van der Waals surface area contributed by atoms with Crippen LogP contribution in [0.1, 0.15) is 10.5 Å². The van der Waals surface area contributed by atoms with Gasteiger partial charge in [0, 0.05) is 5.69 Å². The van der Waals surface area contributed by atoms with Gasteiger partial charge in [-0.3, -0.25) is 4.79 Å². The van der Waals surface area contributed by atoms with Crippen molar-refractivity contribution in [3.8, 4) is 0 Å². The van der Waals surface area contributed by atoms with Gasteiger partial charge in [-0.1, -0.05) is 23.2 Å². The molecule has 2 rings (SSSR count). The quantitative estimate of drug-likeness (QED) is 0.867. The van der Waals surface area contributed by atoms with E-state index in [1.54, 1.807) is 18.2 Å². The Labute approximate surface area is 101 Å². The first-order valence-electron chi connectivity index (χ1n) is 4.29. The summed E-state index contributed by atoms with van der Waals surface area (Å²) in [7, 11) is 0. The molecule has 0 aliphatic rings. The largest absolute Gasteiger partial charge is 0.320 e. The third-order valence-corrected chi connectivity index (χ3v) is 2.56. The maximum Gasteiger partial charge on any atom is 0.277 e. The Kier molecular flexibility index (Phi) is 3.07. The monoisotopic (exact) mass is 256 g/mol. The highest BCUT2D eigenvalue weighted by Crippen LogP contribution is 2.25. The highest BCUT2D eigenvalue weighted by molar-refractivity contribution is 6.42. The fraction of sp³-hybridized carbons (Fsp3) is 0. The molecule has 2 N–H and O–H groups in total. The van der Waals surface area contributed by atoms with Crippen LogP contribution in [0.2, 0.25) is 10.0 Å². The van der Waals surface area contributed by atoms with Gasteiger partial charge in [-0.15, -0.1) is 0 Å². The molecule has 7 heteroatoms. The van der Waals surface area contributed by atoms with Gasteiger partial charge in [0.05, 0.1) is 16.2 Å². The molecule has 0 atom stereocenters. The van der Waals surface area contributed by atoms with Crippen molar-refractivity contribution in [2.75, 3.05) is 5.32 Å². The van der Waals surface area contributed by atoms with E-state index in [-0.39, 0.29) is 11.6 Å². The van der Waals surface area contributed by atoms with Crippen LogP contribution < -0.4 is 5.32 Å². The van der Waals surface area contributed by atoms with Gasteiger partial charge < -0.3 is 5.32 Å². The molecule has 1 aromatic heterocycles. The zero-order valence-corrected chi connectivity index (χ0v) is 9.38. The van der Waals surface area contributed by atoms with E-state index in [9.17, 15) is 4.79 Å². The van der Waals surface area contributed by atoms with Gasteiger partial charge in [-0.05, 0) is 18.2 Å². The number of carbonyl (C=O) groups is 1. The minimum absolute atomic E-state index is 0.200. The van der Waals surface area contributed by atoms with Crippen molar-refractivity contribution < 1.29 is 4.79 Å². The summed E-state index contributed by atoms with van der Waals surface area (Å²) in [6, 6.07) is 4.80. The molecule has 5 nitrogen and oxygen atoms in total. The van der Waals surface area contributed by atoms with Crippen LogP contribution in [-0.4, -0.2) is 21.3 Å². The molecule has 0 bridgehead atoms. The Morgan fingerprint density at radius 3 is 2.75 bits per heavy atom. The highest BCUT2D eigenvalue weighted by atomic mass is 35.5. The molecule has 0 radical (unpaired) electrons. The van der Waals surface area contributed by atoms with Crippen LogP contribution in [0.25, 0.3) is 0 Å². The standard InChI is InChI=1S/C9H6Cl2N4O/c10-6-2-1-5(3-7(6)11)13-9(16)8-4-12-15-14-8/h1-4H,(H,13,16)(H,12,14,15). The summed E-state index contributed by atoms with van der Waals surface area (Å²) >= 11 is 11.5. The lowest BCUT2D eigenvalue weighted by molar-refractivity contribution is 0.102. The normalized spacial score (nSPS) is 10.1. The molecule has 0 saturated heterocycles. The first-order chi connectivity index (χ1) is 7.66. The van der Waals surface area contributed by atoms with Crippen molar-refractivity contribution in [1.82, 2.24) is 15.4 Å². The van der Waals surface area contributed by atoms with Crippen molar-refractivity contribution in [2.45, 2.75) is 0 Å². The highest BCUT2D eigenvalue weighted by Gasteiger charge is 2.09. The molecular weight excluding hydrogens is 251 g/mol. The fourth-order valence-corrected chi connectivity index (χ4v) is 1.38. The van der Waals surface area contributed by atoms with Gasteiger partial charge in [-0.25, -0.2) is 0 Å². The number of hydrogen-bond acceptors (Lipinski definition) is 3. The summed E-state index contributed by atoms with van der Waals surface area (Å²) < 4.78 is 0. The zero-order valence-electron chi connectivity index (χ0n) is 7.87. The Bertz CT molecular complexity index is 512. The van der Waals surface area contributed by atoms with Gasteiger partial charge >= 0.3 is 0 Å². The number of aromatic nitrogens is 3. The second-order valence-electron chi connectivity index (χ2n) is 2.94. The molecular formula is C9H6Cl2N4O. The van der Waals surface area contributed by atoms with Crippen LogP contribution in [-0.2, 0) is 0 Å². The molecule has 1 aromatic carbocycles. The van der Waals surface area contributed by atoms with E-state index < -0.39 is 0 Å². The van der Waals surface area contributed by atoms with Gasteiger partial charge in [0.25, 0.3) is 5.91 Å². The summed E-state index contributed by atoms with van der Waals surface area (Å²) in [6.07, 6.45) is 1.33. The number of rotatable bonds is 2. The summed E-state index contributed by atoms with van der Waals surface area (Å²) in [5, 5.41) is 12.9. The van der Waals surface area contributed by atoms with Crippen LogP contribution in [0, 0.1) is 0 Å². The summed E-state index contributed by atoms with van der Waals surface area (Å²) in [5.74, 6) is -0.368. The number of nitrogens with zero attached hydrogens (tertiary/aromatic N) is 2. The van der Waals surface area contributed by atoms with Crippen molar-refractivity contribution >= 4 is 34.8 Å². The van der Waals surface area contributed by atoms with E-state index in [0.717, 1.165) is 0 Å². The number of anilines is 1. The lowest BCUT2D eigenvalue weighted by Crippen LogP contribution is -2.12. The molecule has 2 aromatic rings. The Balaban J connectivity index is 2.15. The number of aromatic amines is 1. The molecule has 1 amide bonds. The third-order valence-electron chi connectivity index (χ3n) is 1.83. The third kappa shape index (κ3) is 2.32. The number of benzene rings is 1.